The smallest absolute Gasteiger partial charge is 0.228 e. The van der Waals surface area contributed by atoms with Crippen LogP contribution in [0.2, 0.25) is 0 Å². The highest BCUT2D eigenvalue weighted by Gasteiger charge is 2.42. The van der Waals surface area contributed by atoms with Crippen molar-refractivity contribution in [2.24, 2.45) is 11.3 Å². The van der Waals surface area contributed by atoms with Crippen LogP contribution in [0.3, 0.4) is 0 Å². The third-order valence-corrected chi connectivity index (χ3v) is 8.61. The lowest BCUT2D eigenvalue weighted by Gasteiger charge is -2.43. The Bertz CT molecular complexity index is 1070. The molecule has 5 nitrogen and oxygen atoms in total. The maximum Gasteiger partial charge on any atom is 0.228 e. The number of benzene rings is 1. The van der Waals surface area contributed by atoms with E-state index in [1.807, 2.05) is 4.90 Å². The Balaban J connectivity index is 1.23. The summed E-state index contributed by atoms with van der Waals surface area (Å²) in [6.07, 6.45) is 8.06. The fourth-order valence-corrected chi connectivity index (χ4v) is 6.29. The maximum absolute atomic E-state index is 13.7. The molecule has 3 fully saturated rings. The quantitative estimate of drug-likeness (QED) is 0.582. The molecular weight excluding hydrogens is 434 g/mol. The highest BCUT2D eigenvalue weighted by molar-refractivity contribution is 5.84. The molecule has 5 heteroatoms. The van der Waals surface area contributed by atoms with Gasteiger partial charge in [-0.25, -0.2) is 0 Å². The summed E-state index contributed by atoms with van der Waals surface area (Å²) in [7, 11) is 0. The molecule has 0 bridgehead atoms. The molecule has 35 heavy (non-hydrogen) atoms. The summed E-state index contributed by atoms with van der Waals surface area (Å²) in [5.74, 6) is 1.09. The first-order valence-corrected chi connectivity index (χ1v) is 13.6. The Kier molecular flexibility index (Phi) is 6.95. The zero-order valence-corrected chi connectivity index (χ0v) is 21.3. The number of aryl methyl sites for hydroxylation is 1. The van der Waals surface area contributed by atoms with Gasteiger partial charge in [0.05, 0.1) is 5.69 Å². The second-order valence-corrected chi connectivity index (χ2v) is 11.3. The van der Waals surface area contributed by atoms with Gasteiger partial charge < -0.3 is 9.80 Å². The number of piperidine rings is 2. The van der Waals surface area contributed by atoms with Crippen molar-refractivity contribution in [1.29, 1.82) is 0 Å². The lowest BCUT2D eigenvalue weighted by atomic mass is 9.78. The van der Waals surface area contributed by atoms with Crippen molar-refractivity contribution in [3.63, 3.8) is 0 Å². The molecule has 1 aliphatic carbocycles. The number of nitrogens with zero attached hydrogens (tertiary/aromatic N) is 3. The Morgan fingerprint density at radius 2 is 1.66 bits per heavy atom. The average Bonchev–Trinajstić information content (AvgIpc) is 3.44. The van der Waals surface area contributed by atoms with Crippen molar-refractivity contribution in [2.45, 2.75) is 71.1 Å². The summed E-state index contributed by atoms with van der Waals surface area (Å²) in [5, 5.41) is 0. The van der Waals surface area contributed by atoms with Gasteiger partial charge in [-0.15, -0.1) is 0 Å². The van der Waals surface area contributed by atoms with Gasteiger partial charge in [-0.2, -0.15) is 0 Å². The molecule has 5 rings (SSSR count). The largest absolute Gasteiger partial charge is 0.342 e. The minimum Gasteiger partial charge on any atom is -0.342 e. The van der Waals surface area contributed by atoms with E-state index in [-0.39, 0.29) is 23.2 Å². The van der Waals surface area contributed by atoms with Crippen molar-refractivity contribution in [2.75, 3.05) is 26.2 Å². The standard InChI is InChI=1S/C30H39N3O2/c1-22-8-5-11-24(20-22)26-13-6-14-27(31-26)25-12-7-17-33(21-25)29(35)30(2)15-18-32(19-16-30)28(34)23-9-3-4-10-23/h5-6,8,11,13-14,20,23,25H,3-4,7,9-10,12,15-19,21H2,1-2H3. The lowest BCUT2D eigenvalue weighted by molar-refractivity contribution is -0.149. The second kappa shape index (κ2) is 10.1. The fraction of sp³-hybridized carbons (Fsp3) is 0.567. The Labute approximate surface area is 209 Å². The lowest BCUT2D eigenvalue weighted by Crippen LogP contribution is -2.52. The van der Waals surface area contributed by atoms with Crippen LogP contribution in [0.5, 0.6) is 0 Å². The minimum atomic E-state index is -0.370. The van der Waals surface area contributed by atoms with E-state index in [9.17, 15) is 9.59 Å². The van der Waals surface area contributed by atoms with Crippen LogP contribution in [0.25, 0.3) is 11.3 Å². The van der Waals surface area contributed by atoms with E-state index < -0.39 is 0 Å². The molecule has 1 unspecified atom stereocenters. The highest BCUT2D eigenvalue weighted by Crippen LogP contribution is 2.37. The first-order valence-electron chi connectivity index (χ1n) is 13.6. The Morgan fingerprint density at radius 1 is 0.914 bits per heavy atom. The molecule has 2 aromatic rings. The van der Waals surface area contributed by atoms with Crippen molar-refractivity contribution in [1.82, 2.24) is 14.8 Å². The predicted molar refractivity (Wildman–Crippen MR) is 139 cm³/mol. The van der Waals surface area contributed by atoms with E-state index >= 15 is 0 Å². The van der Waals surface area contributed by atoms with Crippen LogP contribution in [-0.4, -0.2) is 52.8 Å². The van der Waals surface area contributed by atoms with Crippen LogP contribution in [0.4, 0.5) is 0 Å². The molecular formula is C30H39N3O2. The Morgan fingerprint density at radius 3 is 2.40 bits per heavy atom. The van der Waals surface area contributed by atoms with Crippen molar-refractivity contribution in [3.8, 4) is 11.3 Å². The molecule has 2 amide bonds. The number of carbonyl (C=O) groups is 2. The molecule has 1 aromatic heterocycles. The number of hydrogen-bond donors (Lipinski definition) is 0. The van der Waals surface area contributed by atoms with E-state index in [1.54, 1.807) is 0 Å². The van der Waals surface area contributed by atoms with E-state index in [0.29, 0.717) is 5.91 Å². The SMILES string of the molecule is Cc1cccc(-c2cccc(C3CCCN(C(=O)C4(C)CCN(C(=O)C5CCCC5)CC4)C3)n2)c1. The molecule has 1 saturated carbocycles. The monoisotopic (exact) mass is 473 g/mol. The molecule has 1 atom stereocenters. The van der Waals surface area contributed by atoms with Crippen LogP contribution in [-0.2, 0) is 9.59 Å². The number of aromatic nitrogens is 1. The van der Waals surface area contributed by atoms with Crippen LogP contribution in [0, 0.1) is 18.3 Å². The van der Waals surface area contributed by atoms with Gasteiger partial charge in [-0.3, -0.25) is 14.6 Å². The van der Waals surface area contributed by atoms with Gasteiger partial charge in [0.15, 0.2) is 0 Å². The third kappa shape index (κ3) is 5.14. The van der Waals surface area contributed by atoms with Crippen LogP contribution in [0.1, 0.15) is 75.5 Å². The summed E-state index contributed by atoms with van der Waals surface area (Å²) in [5.41, 5.74) is 4.09. The molecule has 3 aliphatic rings. The molecule has 1 aromatic carbocycles. The van der Waals surface area contributed by atoms with Crippen molar-refractivity contribution >= 4 is 11.8 Å². The number of pyridine rings is 1. The fourth-order valence-electron chi connectivity index (χ4n) is 6.29. The molecule has 0 spiro atoms. The van der Waals surface area contributed by atoms with Gasteiger partial charge in [-0.05, 0) is 63.6 Å². The van der Waals surface area contributed by atoms with Gasteiger partial charge in [0.2, 0.25) is 11.8 Å². The summed E-state index contributed by atoms with van der Waals surface area (Å²) >= 11 is 0. The van der Waals surface area contributed by atoms with E-state index in [2.05, 4.69) is 61.2 Å². The minimum absolute atomic E-state index is 0.223. The zero-order valence-electron chi connectivity index (χ0n) is 21.3. The molecule has 0 N–H and O–H groups in total. The number of likely N-dealkylation sites (tertiary alicyclic amines) is 2. The normalized spacial score (nSPS) is 22.9. The molecule has 2 aliphatic heterocycles. The topological polar surface area (TPSA) is 53.5 Å². The number of rotatable bonds is 4. The molecule has 0 radical (unpaired) electrons. The zero-order chi connectivity index (χ0) is 24.4. The summed E-state index contributed by atoms with van der Waals surface area (Å²) in [6.45, 7) is 7.22. The summed E-state index contributed by atoms with van der Waals surface area (Å²) < 4.78 is 0. The highest BCUT2D eigenvalue weighted by atomic mass is 16.2. The number of hydrogen-bond acceptors (Lipinski definition) is 3. The number of carbonyl (C=O) groups excluding carboxylic acids is 2. The number of amides is 2. The Hall–Kier alpha value is -2.69. The molecule has 3 heterocycles. The second-order valence-electron chi connectivity index (χ2n) is 11.3. The van der Waals surface area contributed by atoms with Gasteiger partial charge in [0.1, 0.15) is 0 Å². The average molecular weight is 474 g/mol. The van der Waals surface area contributed by atoms with Crippen molar-refractivity contribution in [3.05, 3.63) is 53.7 Å². The predicted octanol–water partition coefficient (Wildman–Crippen LogP) is 5.58. The van der Waals surface area contributed by atoms with E-state index in [4.69, 9.17) is 4.98 Å². The van der Waals surface area contributed by atoms with Gasteiger partial charge >= 0.3 is 0 Å². The molecule has 186 valence electrons. The van der Waals surface area contributed by atoms with Crippen LogP contribution < -0.4 is 0 Å². The third-order valence-electron chi connectivity index (χ3n) is 8.61. The summed E-state index contributed by atoms with van der Waals surface area (Å²) in [6, 6.07) is 14.8. The van der Waals surface area contributed by atoms with E-state index in [0.717, 1.165) is 81.7 Å². The van der Waals surface area contributed by atoms with Gasteiger partial charge in [-0.1, -0.05) is 49.6 Å². The first kappa shape index (κ1) is 24.0. The maximum atomic E-state index is 13.7. The first-order chi connectivity index (χ1) is 16.9. The van der Waals surface area contributed by atoms with Crippen LogP contribution >= 0.6 is 0 Å². The van der Waals surface area contributed by atoms with Crippen molar-refractivity contribution < 1.29 is 9.59 Å². The summed E-state index contributed by atoms with van der Waals surface area (Å²) in [4.78, 5) is 35.7. The van der Waals surface area contributed by atoms with E-state index in [1.165, 1.54) is 18.4 Å². The van der Waals surface area contributed by atoms with Gasteiger partial charge in [0, 0.05) is 54.7 Å². The molecule has 2 saturated heterocycles. The van der Waals surface area contributed by atoms with Gasteiger partial charge in [0.25, 0.3) is 0 Å². The van der Waals surface area contributed by atoms with Crippen LogP contribution in [0.15, 0.2) is 42.5 Å².